The van der Waals surface area contributed by atoms with Gasteiger partial charge in [0.1, 0.15) is 0 Å². The first kappa shape index (κ1) is 14.3. The molecule has 2 N–H and O–H groups in total. The van der Waals surface area contributed by atoms with E-state index in [0.29, 0.717) is 6.61 Å². The maximum Gasteiger partial charge on any atom is 0.0848 e. The Morgan fingerprint density at radius 3 is 2.68 bits per heavy atom. The van der Waals surface area contributed by atoms with E-state index in [-0.39, 0.29) is 12.7 Å². The highest BCUT2D eigenvalue weighted by Crippen LogP contribution is 2.40. The van der Waals surface area contributed by atoms with Gasteiger partial charge in [0.15, 0.2) is 0 Å². The lowest BCUT2D eigenvalue weighted by Gasteiger charge is -2.44. The number of ether oxygens (including phenoxy) is 1. The van der Waals surface area contributed by atoms with Gasteiger partial charge >= 0.3 is 0 Å². The van der Waals surface area contributed by atoms with Gasteiger partial charge in [0, 0.05) is 5.41 Å². The highest BCUT2D eigenvalue weighted by Gasteiger charge is 2.45. The van der Waals surface area contributed by atoms with Crippen molar-refractivity contribution in [2.24, 2.45) is 5.41 Å². The fourth-order valence-corrected chi connectivity index (χ4v) is 2.66. The van der Waals surface area contributed by atoms with Crippen molar-refractivity contribution in [3.05, 3.63) is 48.0 Å². The Hall–Kier alpha value is -1.16. The minimum Gasteiger partial charge on any atom is -0.396 e. The Morgan fingerprint density at radius 2 is 2.05 bits per heavy atom. The lowest BCUT2D eigenvalue weighted by atomic mass is 9.69. The molecule has 1 aromatic carbocycles. The predicted octanol–water partition coefficient (Wildman–Crippen LogP) is 2.28. The molecular formula is C16H22O3. The second kappa shape index (κ2) is 5.87. The molecule has 1 aromatic rings. The second-order valence-corrected chi connectivity index (χ2v) is 5.55. The van der Waals surface area contributed by atoms with E-state index in [2.05, 4.69) is 6.58 Å². The van der Waals surface area contributed by atoms with Crippen molar-refractivity contribution in [1.29, 1.82) is 0 Å². The van der Waals surface area contributed by atoms with Crippen LogP contribution in [0, 0.1) is 5.41 Å². The Bertz CT molecular complexity index is 429. The van der Waals surface area contributed by atoms with Crippen LogP contribution in [0.1, 0.15) is 25.3 Å². The smallest absolute Gasteiger partial charge is 0.0848 e. The Morgan fingerprint density at radius 1 is 1.37 bits per heavy atom. The summed E-state index contributed by atoms with van der Waals surface area (Å²) in [5.74, 6) is 0. The largest absolute Gasteiger partial charge is 0.396 e. The normalized spacial score (nSPS) is 31.4. The minimum absolute atomic E-state index is 0.105. The molecule has 0 amide bonds. The molecule has 0 bridgehead atoms. The van der Waals surface area contributed by atoms with Gasteiger partial charge in [0.05, 0.1) is 25.4 Å². The minimum atomic E-state index is -0.702. The number of benzene rings is 1. The summed E-state index contributed by atoms with van der Waals surface area (Å²) in [6.45, 7) is 6.13. The molecule has 1 aliphatic carbocycles. The zero-order valence-corrected chi connectivity index (χ0v) is 11.4. The summed E-state index contributed by atoms with van der Waals surface area (Å²) >= 11 is 0. The first-order valence-electron chi connectivity index (χ1n) is 6.70. The summed E-state index contributed by atoms with van der Waals surface area (Å²) in [5, 5.41) is 19.8. The SMILES string of the molecule is C=C1CC[C@H](OCc2ccccc2)[C@@](C)(CO)[C@H]1O. The van der Waals surface area contributed by atoms with E-state index in [1.165, 1.54) is 0 Å². The van der Waals surface area contributed by atoms with Gasteiger partial charge in [-0.05, 0) is 24.0 Å². The molecule has 1 aliphatic rings. The van der Waals surface area contributed by atoms with Gasteiger partial charge in [-0.25, -0.2) is 0 Å². The van der Waals surface area contributed by atoms with E-state index < -0.39 is 11.5 Å². The molecule has 0 aromatic heterocycles. The molecule has 1 fully saturated rings. The predicted molar refractivity (Wildman–Crippen MR) is 74.6 cm³/mol. The zero-order valence-electron chi connectivity index (χ0n) is 11.4. The maximum atomic E-state index is 10.2. The molecule has 3 heteroatoms. The first-order valence-corrected chi connectivity index (χ1v) is 6.70. The van der Waals surface area contributed by atoms with Crippen LogP contribution in [0.5, 0.6) is 0 Å². The zero-order chi connectivity index (χ0) is 13.9. The van der Waals surface area contributed by atoms with Gasteiger partial charge in [-0.3, -0.25) is 0 Å². The van der Waals surface area contributed by atoms with Crippen LogP contribution in [0.2, 0.25) is 0 Å². The highest BCUT2D eigenvalue weighted by atomic mass is 16.5. The maximum absolute atomic E-state index is 10.2. The number of aliphatic hydroxyl groups is 2. The second-order valence-electron chi connectivity index (χ2n) is 5.55. The number of rotatable bonds is 4. The van der Waals surface area contributed by atoms with Crippen molar-refractivity contribution in [3.63, 3.8) is 0 Å². The third-order valence-electron chi connectivity index (χ3n) is 4.11. The van der Waals surface area contributed by atoms with E-state index in [1.54, 1.807) is 0 Å². The van der Waals surface area contributed by atoms with E-state index in [0.717, 1.165) is 24.0 Å². The monoisotopic (exact) mass is 262 g/mol. The molecule has 3 atom stereocenters. The Balaban J connectivity index is 2.04. The fourth-order valence-electron chi connectivity index (χ4n) is 2.66. The number of hydrogen-bond donors (Lipinski definition) is 2. The molecule has 19 heavy (non-hydrogen) atoms. The van der Waals surface area contributed by atoms with Crippen LogP contribution in [0.25, 0.3) is 0 Å². The first-order chi connectivity index (χ1) is 9.08. The van der Waals surface area contributed by atoms with Crippen molar-refractivity contribution < 1.29 is 14.9 Å². The number of hydrogen-bond acceptors (Lipinski definition) is 3. The molecule has 104 valence electrons. The van der Waals surface area contributed by atoms with Crippen LogP contribution in [0.3, 0.4) is 0 Å². The van der Waals surface area contributed by atoms with Crippen LogP contribution >= 0.6 is 0 Å². The van der Waals surface area contributed by atoms with Crippen LogP contribution in [-0.4, -0.2) is 29.0 Å². The summed E-state index contributed by atoms with van der Waals surface area (Å²) in [7, 11) is 0. The van der Waals surface area contributed by atoms with Crippen molar-refractivity contribution in [2.75, 3.05) is 6.61 Å². The lowest BCUT2D eigenvalue weighted by Crippen LogP contribution is -2.50. The van der Waals surface area contributed by atoms with E-state index in [1.807, 2.05) is 37.3 Å². The molecule has 1 saturated carbocycles. The lowest BCUT2D eigenvalue weighted by molar-refractivity contribution is -0.127. The Kier molecular flexibility index (Phi) is 4.40. The molecule has 2 rings (SSSR count). The molecular weight excluding hydrogens is 240 g/mol. The number of aliphatic hydroxyl groups excluding tert-OH is 2. The van der Waals surface area contributed by atoms with Gasteiger partial charge in [0.25, 0.3) is 0 Å². The highest BCUT2D eigenvalue weighted by molar-refractivity contribution is 5.16. The fraction of sp³-hybridized carbons (Fsp3) is 0.500. The summed E-state index contributed by atoms with van der Waals surface area (Å²) in [6.07, 6.45) is 0.681. The van der Waals surface area contributed by atoms with Crippen LogP contribution in [0.4, 0.5) is 0 Å². The van der Waals surface area contributed by atoms with Crippen molar-refractivity contribution >= 4 is 0 Å². The molecule has 3 nitrogen and oxygen atoms in total. The van der Waals surface area contributed by atoms with Gasteiger partial charge < -0.3 is 14.9 Å². The van der Waals surface area contributed by atoms with Crippen molar-refractivity contribution in [3.8, 4) is 0 Å². The summed E-state index contributed by atoms with van der Waals surface area (Å²) in [6, 6.07) is 9.93. The van der Waals surface area contributed by atoms with Gasteiger partial charge in [0.2, 0.25) is 0 Å². The van der Waals surface area contributed by atoms with E-state index in [4.69, 9.17) is 4.74 Å². The average Bonchev–Trinajstić information content (AvgIpc) is 2.45. The molecule has 0 heterocycles. The van der Waals surface area contributed by atoms with E-state index >= 15 is 0 Å². The topological polar surface area (TPSA) is 49.7 Å². The van der Waals surface area contributed by atoms with Gasteiger partial charge in [-0.1, -0.05) is 43.8 Å². The molecule has 0 spiro atoms. The summed E-state index contributed by atoms with van der Waals surface area (Å²) < 4.78 is 5.93. The van der Waals surface area contributed by atoms with E-state index in [9.17, 15) is 10.2 Å². The van der Waals surface area contributed by atoms with Crippen molar-refractivity contribution in [2.45, 2.75) is 38.6 Å². The quantitative estimate of drug-likeness (QED) is 0.818. The van der Waals surface area contributed by atoms with Crippen LogP contribution < -0.4 is 0 Å². The third kappa shape index (κ3) is 2.89. The average molecular weight is 262 g/mol. The Labute approximate surface area is 114 Å². The van der Waals surface area contributed by atoms with Gasteiger partial charge in [-0.15, -0.1) is 0 Å². The molecule has 0 aliphatic heterocycles. The summed E-state index contributed by atoms with van der Waals surface area (Å²) in [4.78, 5) is 0. The standard InChI is InChI=1S/C16H22O3/c1-12-8-9-14(16(2,11-17)15(12)18)19-10-13-6-4-3-5-7-13/h3-7,14-15,17-18H,1,8-11H2,2H3/t14-,15-,16+/m0/s1. The molecule has 0 saturated heterocycles. The molecule has 0 radical (unpaired) electrons. The van der Waals surface area contributed by atoms with Gasteiger partial charge in [-0.2, -0.15) is 0 Å². The third-order valence-corrected chi connectivity index (χ3v) is 4.11. The summed E-state index contributed by atoms with van der Waals surface area (Å²) in [5.41, 5.74) is 1.22. The van der Waals surface area contributed by atoms with Crippen LogP contribution in [0.15, 0.2) is 42.5 Å². The van der Waals surface area contributed by atoms with Crippen LogP contribution in [-0.2, 0) is 11.3 Å². The molecule has 0 unspecified atom stereocenters. The van der Waals surface area contributed by atoms with Crippen molar-refractivity contribution in [1.82, 2.24) is 0 Å².